The van der Waals surface area contributed by atoms with Crippen LogP contribution in [0, 0.1) is 0 Å². The van der Waals surface area contributed by atoms with Crippen molar-refractivity contribution in [1.82, 2.24) is 4.90 Å². The topological polar surface area (TPSA) is 32.7 Å². The van der Waals surface area contributed by atoms with Crippen LogP contribution in [0.3, 0.4) is 0 Å². The Balaban J connectivity index is 1.65. The Bertz CT molecular complexity index is 1060. The molecule has 29 heavy (non-hydrogen) atoms. The first-order valence-electron chi connectivity index (χ1n) is 9.29. The molecule has 0 unspecified atom stereocenters. The van der Waals surface area contributed by atoms with Crippen molar-refractivity contribution in [2.45, 2.75) is 13.1 Å². The van der Waals surface area contributed by atoms with Gasteiger partial charge in [-0.05, 0) is 40.6 Å². The van der Waals surface area contributed by atoms with Gasteiger partial charge in [0, 0.05) is 5.02 Å². The minimum Gasteiger partial charge on any atom is -0.282 e. The molecule has 1 aliphatic rings. The lowest BCUT2D eigenvalue weighted by atomic mass is 10.2. The average molecular weight is 419 g/mol. The summed E-state index contributed by atoms with van der Waals surface area (Å²) in [6.07, 6.45) is 1.85. The summed E-state index contributed by atoms with van der Waals surface area (Å²) in [6.45, 7) is 1.02. The van der Waals surface area contributed by atoms with Crippen molar-refractivity contribution >= 4 is 40.5 Å². The second kappa shape index (κ2) is 9.12. The monoisotopic (exact) mass is 418 g/mol. The maximum absolute atomic E-state index is 13.2. The van der Waals surface area contributed by atoms with Gasteiger partial charge in [-0.25, -0.2) is 0 Å². The number of hydrogen-bond acceptors (Lipinski definition) is 3. The summed E-state index contributed by atoms with van der Waals surface area (Å²) in [5.41, 5.74) is 3.00. The molecule has 0 bridgehead atoms. The third-order valence-corrected chi connectivity index (χ3v) is 5.89. The summed E-state index contributed by atoms with van der Waals surface area (Å²) in [5.74, 6) is -0.0504. The lowest BCUT2D eigenvalue weighted by Gasteiger charge is -2.15. The lowest BCUT2D eigenvalue weighted by molar-refractivity contribution is -0.122. The van der Waals surface area contributed by atoms with Crippen LogP contribution in [-0.4, -0.2) is 16.0 Å². The number of nitrogens with zero attached hydrogens (tertiary/aromatic N) is 2. The van der Waals surface area contributed by atoms with Crippen LogP contribution in [0.25, 0.3) is 6.08 Å². The molecule has 3 aromatic rings. The van der Waals surface area contributed by atoms with Gasteiger partial charge in [0.2, 0.25) is 0 Å². The maximum atomic E-state index is 13.2. The van der Waals surface area contributed by atoms with E-state index in [1.807, 2.05) is 91.0 Å². The predicted molar refractivity (Wildman–Crippen MR) is 122 cm³/mol. The molecule has 3 nitrogen and oxygen atoms in total. The highest BCUT2D eigenvalue weighted by atomic mass is 35.5. The average Bonchev–Trinajstić information content (AvgIpc) is 3.04. The van der Waals surface area contributed by atoms with E-state index in [0.29, 0.717) is 28.2 Å². The molecule has 3 aromatic carbocycles. The number of halogens is 1. The Labute approximate surface area is 179 Å². The molecule has 5 heteroatoms. The van der Waals surface area contributed by atoms with Gasteiger partial charge < -0.3 is 0 Å². The van der Waals surface area contributed by atoms with Crippen molar-refractivity contribution in [2.24, 2.45) is 4.99 Å². The lowest BCUT2D eigenvalue weighted by Crippen LogP contribution is -2.28. The number of hydrogen-bond donors (Lipinski definition) is 0. The molecule has 0 spiro atoms. The summed E-state index contributed by atoms with van der Waals surface area (Å²) >= 11 is 7.68. The minimum absolute atomic E-state index is 0.0504. The first kappa shape index (κ1) is 19.5. The SMILES string of the molecule is O=C1/C(=C/c2ccccc2Cl)SC(=NCc2ccccc2)N1Cc1ccccc1. The van der Waals surface area contributed by atoms with Gasteiger partial charge in [0.1, 0.15) is 0 Å². The molecule has 1 saturated heterocycles. The van der Waals surface area contributed by atoms with Gasteiger partial charge in [-0.15, -0.1) is 0 Å². The highest BCUT2D eigenvalue weighted by molar-refractivity contribution is 8.18. The Hall–Kier alpha value is -2.82. The minimum atomic E-state index is -0.0504. The first-order chi connectivity index (χ1) is 14.2. The molecule has 0 aliphatic carbocycles. The van der Waals surface area contributed by atoms with E-state index in [-0.39, 0.29) is 5.91 Å². The van der Waals surface area contributed by atoms with Gasteiger partial charge in [-0.3, -0.25) is 14.7 Å². The van der Waals surface area contributed by atoms with E-state index in [9.17, 15) is 4.79 Å². The van der Waals surface area contributed by atoms with E-state index in [4.69, 9.17) is 16.6 Å². The first-order valence-corrected chi connectivity index (χ1v) is 10.5. The van der Waals surface area contributed by atoms with Crippen molar-refractivity contribution in [2.75, 3.05) is 0 Å². The van der Waals surface area contributed by atoms with Gasteiger partial charge in [0.15, 0.2) is 5.17 Å². The number of carbonyl (C=O) groups is 1. The number of benzene rings is 3. The molecule has 1 heterocycles. The molecule has 1 amide bonds. The van der Waals surface area contributed by atoms with Crippen molar-refractivity contribution in [1.29, 1.82) is 0 Å². The molecule has 0 radical (unpaired) electrons. The molecule has 144 valence electrons. The Morgan fingerprint density at radius 1 is 0.862 bits per heavy atom. The highest BCUT2D eigenvalue weighted by Gasteiger charge is 2.33. The summed E-state index contributed by atoms with van der Waals surface area (Å²) in [7, 11) is 0. The summed E-state index contributed by atoms with van der Waals surface area (Å²) in [6, 6.07) is 27.5. The molecule has 0 atom stereocenters. The second-order valence-corrected chi connectivity index (χ2v) is 8.01. The van der Waals surface area contributed by atoms with Gasteiger partial charge >= 0.3 is 0 Å². The fourth-order valence-corrected chi connectivity index (χ4v) is 4.16. The standard InChI is InChI=1S/C24H19ClN2OS/c25-21-14-8-7-13-20(21)15-22-23(28)27(17-19-11-5-2-6-12-19)24(29-22)26-16-18-9-3-1-4-10-18/h1-15H,16-17H2/b22-15-,26-24?. The Morgan fingerprint density at radius 2 is 1.48 bits per heavy atom. The van der Waals surface area contributed by atoms with Crippen LogP contribution in [0.5, 0.6) is 0 Å². The van der Waals surface area contributed by atoms with Crippen LogP contribution in [-0.2, 0) is 17.9 Å². The zero-order chi connectivity index (χ0) is 20.1. The number of thioether (sulfide) groups is 1. The van der Waals surface area contributed by atoms with Crippen molar-refractivity contribution < 1.29 is 4.79 Å². The van der Waals surface area contributed by atoms with Gasteiger partial charge in [-0.2, -0.15) is 0 Å². The van der Waals surface area contributed by atoms with E-state index < -0.39 is 0 Å². The van der Waals surface area contributed by atoms with Crippen LogP contribution < -0.4 is 0 Å². The Morgan fingerprint density at radius 3 is 2.17 bits per heavy atom. The fourth-order valence-electron chi connectivity index (χ4n) is 3.01. The van der Waals surface area contributed by atoms with E-state index in [1.165, 1.54) is 11.8 Å². The second-order valence-electron chi connectivity index (χ2n) is 6.59. The largest absolute Gasteiger partial charge is 0.282 e. The fraction of sp³-hybridized carbons (Fsp3) is 0.0833. The highest BCUT2D eigenvalue weighted by Crippen LogP contribution is 2.35. The zero-order valence-electron chi connectivity index (χ0n) is 15.7. The molecule has 0 aromatic heterocycles. The third-order valence-electron chi connectivity index (χ3n) is 4.50. The van der Waals surface area contributed by atoms with Gasteiger partial charge in [0.25, 0.3) is 5.91 Å². The van der Waals surface area contributed by atoms with Crippen molar-refractivity contribution in [3.63, 3.8) is 0 Å². The smallest absolute Gasteiger partial charge is 0.267 e. The van der Waals surface area contributed by atoms with E-state index in [2.05, 4.69) is 0 Å². The van der Waals surface area contributed by atoms with Crippen LogP contribution in [0.4, 0.5) is 0 Å². The Kier molecular flexibility index (Phi) is 6.13. The molecular formula is C24H19ClN2OS. The molecular weight excluding hydrogens is 400 g/mol. The normalized spacial score (nSPS) is 16.7. The van der Waals surface area contributed by atoms with E-state index >= 15 is 0 Å². The molecule has 4 rings (SSSR count). The summed E-state index contributed by atoms with van der Waals surface area (Å²) in [5, 5.41) is 1.33. The summed E-state index contributed by atoms with van der Waals surface area (Å²) < 4.78 is 0. The number of amides is 1. The third kappa shape index (κ3) is 4.78. The summed E-state index contributed by atoms with van der Waals surface area (Å²) in [4.78, 5) is 20.3. The quantitative estimate of drug-likeness (QED) is 0.475. The molecule has 1 aliphatic heterocycles. The molecule has 0 N–H and O–H groups in total. The number of aliphatic imine (C=N–C) groups is 1. The molecule has 0 saturated carbocycles. The van der Waals surface area contributed by atoms with Gasteiger partial charge in [-0.1, -0.05) is 90.5 Å². The van der Waals surface area contributed by atoms with Crippen LogP contribution in [0.1, 0.15) is 16.7 Å². The van der Waals surface area contributed by atoms with Crippen LogP contribution in [0.15, 0.2) is 94.8 Å². The van der Waals surface area contributed by atoms with Crippen molar-refractivity contribution in [3.8, 4) is 0 Å². The predicted octanol–water partition coefficient (Wildman–Crippen LogP) is 6.01. The maximum Gasteiger partial charge on any atom is 0.267 e. The number of rotatable bonds is 5. The number of amidine groups is 1. The van der Waals surface area contributed by atoms with Crippen LogP contribution in [0.2, 0.25) is 5.02 Å². The van der Waals surface area contributed by atoms with Crippen molar-refractivity contribution in [3.05, 3.63) is 112 Å². The number of carbonyl (C=O) groups excluding carboxylic acids is 1. The van der Waals surface area contributed by atoms with E-state index in [0.717, 1.165) is 16.7 Å². The van der Waals surface area contributed by atoms with Crippen LogP contribution >= 0.6 is 23.4 Å². The van der Waals surface area contributed by atoms with Gasteiger partial charge in [0.05, 0.1) is 18.0 Å². The molecule has 1 fully saturated rings. The van der Waals surface area contributed by atoms with E-state index in [1.54, 1.807) is 4.90 Å². The zero-order valence-corrected chi connectivity index (χ0v) is 17.2.